The van der Waals surface area contributed by atoms with Crippen molar-refractivity contribution in [3.63, 3.8) is 0 Å². The predicted molar refractivity (Wildman–Crippen MR) is 82.0 cm³/mol. The van der Waals surface area contributed by atoms with Gasteiger partial charge in [-0.25, -0.2) is 4.39 Å². The fourth-order valence-electron chi connectivity index (χ4n) is 1.51. The van der Waals surface area contributed by atoms with E-state index in [2.05, 4.69) is 37.2 Å². The third-order valence-corrected chi connectivity index (χ3v) is 5.44. The van der Waals surface area contributed by atoms with Gasteiger partial charge in [0.1, 0.15) is 5.82 Å². The molecular formula is C13H10Br2FNOS. The molecule has 2 aromatic rings. The number of amides is 1. The molecule has 19 heavy (non-hydrogen) atoms. The van der Waals surface area contributed by atoms with Crippen LogP contribution in [0.3, 0.4) is 0 Å². The van der Waals surface area contributed by atoms with Gasteiger partial charge in [0.05, 0.1) is 8.66 Å². The summed E-state index contributed by atoms with van der Waals surface area (Å²) >= 11 is 8.10. The van der Waals surface area contributed by atoms with E-state index in [0.29, 0.717) is 10.4 Å². The number of aryl methyl sites for hydroxylation is 1. The lowest BCUT2D eigenvalue weighted by molar-refractivity contribution is 0.0955. The van der Waals surface area contributed by atoms with Gasteiger partial charge in [0.25, 0.3) is 5.91 Å². The van der Waals surface area contributed by atoms with Crippen molar-refractivity contribution in [2.24, 2.45) is 0 Å². The number of hydrogen-bond acceptors (Lipinski definition) is 2. The topological polar surface area (TPSA) is 29.1 Å². The van der Waals surface area contributed by atoms with Crippen LogP contribution in [0.5, 0.6) is 0 Å². The minimum absolute atomic E-state index is 0.157. The van der Waals surface area contributed by atoms with Crippen molar-refractivity contribution in [3.05, 3.63) is 54.3 Å². The monoisotopic (exact) mass is 405 g/mol. The standard InChI is InChI=1S/C13H10Br2FNOS/c1-7-4-11(19-12(7)15)13(18)17-6-8-5-9(16)2-3-10(8)14/h2-5H,6H2,1H3,(H,17,18). The summed E-state index contributed by atoms with van der Waals surface area (Å²) in [6.07, 6.45) is 0. The van der Waals surface area contributed by atoms with Gasteiger partial charge in [-0.15, -0.1) is 11.3 Å². The van der Waals surface area contributed by atoms with Gasteiger partial charge in [-0.05, 0) is 58.2 Å². The predicted octanol–water partition coefficient (Wildman–Crippen LogP) is 4.65. The van der Waals surface area contributed by atoms with Crippen LogP contribution in [0.1, 0.15) is 20.8 Å². The first-order valence-corrected chi connectivity index (χ1v) is 7.85. The lowest BCUT2D eigenvalue weighted by Crippen LogP contribution is -2.22. The highest BCUT2D eigenvalue weighted by Crippen LogP contribution is 2.27. The Kier molecular flexibility index (Phi) is 4.76. The van der Waals surface area contributed by atoms with Crippen LogP contribution in [0.4, 0.5) is 4.39 Å². The van der Waals surface area contributed by atoms with Crippen molar-refractivity contribution in [1.82, 2.24) is 5.32 Å². The highest BCUT2D eigenvalue weighted by atomic mass is 79.9. The molecule has 0 unspecified atom stereocenters. The second kappa shape index (κ2) is 6.15. The quantitative estimate of drug-likeness (QED) is 0.789. The van der Waals surface area contributed by atoms with Gasteiger partial charge in [0.2, 0.25) is 0 Å². The Hall–Kier alpha value is -0.720. The highest BCUT2D eigenvalue weighted by molar-refractivity contribution is 9.11. The zero-order valence-electron chi connectivity index (χ0n) is 9.97. The van der Waals surface area contributed by atoms with Crippen LogP contribution in [0.2, 0.25) is 0 Å². The molecule has 0 saturated carbocycles. The largest absolute Gasteiger partial charge is 0.347 e. The zero-order valence-corrected chi connectivity index (χ0v) is 14.0. The lowest BCUT2D eigenvalue weighted by Gasteiger charge is -2.06. The summed E-state index contributed by atoms with van der Waals surface area (Å²) in [5.74, 6) is -0.475. The molecule has 2 nitrogen and oxygen atoms in total. The molecule has 1 aromatic heterocycles. The molecular weight excluding hydrogens is 397 g/mol. The van der Waals surface area contributed by atoms with Crippen LogP contribution in [-0.4, -0.2) is 5.91 Å². The first-order valence-electron chi connectivity index (χ1n) is 5.45. The van der Waals surface area contributed by atoms with E-state index >= 15 is 0 Å². The fraction of sp³-hybridized carbons (Fsp3) is 0.154. The van der Waals surface area contributed by atoms with E-state index in [1.54, 1.807) is 6.07 Å². The van der Waals surface area contributed by atoms with Crippen molar-refractivity contribution in [3.8, 4) is 0 Å². The molecule has 1 N–H and O–H groups in total. The van der Waals surface area contributed by atoms with E-state index < -0.39 is 0 Å². The fourth-order valence-corrected chi connectivity index (χ4v) is 3.35. The van der Waals surface area contributed by atoms with Gasteiger partial charge in [-0.3, -0.25) is 4.79 Å². The van der Waals surface area contributed by atoms with E-state index in [4.69, 9.17) is 0 Å². The molecule has 6 heteroatoms. The van der Waals surface area contributed by atoms with Crippen LogP contribution in [0.25, 0.3) is 0 Å². The molecule has 100 valence electrons. The molecule has 0 aliphatic heterocycles. The molecule has 0 radical (unpaired) electrons. The Morgan fingerprint density at radius 3 is 2.74 bits per heavy atom. The van der Waals surface area contributed by atoms with E-state index in [1.807, 2.05) is 13.0 Å². The van der Waals surface area contributed by atoms with Crippen molar-refractivity contribution in [2.75, 3.05) is 0 Å². The first-order chi connectivity index (χ1) is 8.97. The summed E-state index contributed by atoms with van der Waals surface area (Å²) in [6.45, 7) is 2.21. The SMILES string of the molecule is Cc1cc(C(=O)NCc2cc(F)ccc2Br)sc1Br. The Morgan fingerprint density at radius 1 is 1.37 bits per heavy atom. The van der Waals surface area contributed by atoms with Gasteiger partial charge < -0.3 is 5.32 Å². The van der Waals surface area contributed by atoms with Crippen LogP contribution >= 0.6 is 43.2 Å². The number of hydrogen-bond donors (Lipinski definition) is 1. The first kappa shape index (κ1) is 14.7. The molecule has 0 fully saturated rings. The van der Waals surface area contributed by atoms with Gasteiger partial charge in [0.15, 0.2) is 0 Å². The number of halogens is 3. The minimum atomic E-state index is -0.317. The van der Waals surface area contributed by atoms with Crippen molar-refractivity contribution >= 4 is 49.1 Å². The van der Waals surface area contributed by atoms with E-state index in [9.17, 15) is 9.18 Å². The van der Waals surface area contributed by atoms with Gasteiger partial charge in [0, 0.05) is 11.0 Å². The molecule has 0 aliphatic carbocycles. The Bertz CT molecular complexity index is 608. The van der Waals surface area contributed by atoms with Crippen molar-refractivity contribution < 1.29 is 9.18 Å². The van der Waals surface area contributed by atoms with Gasteiger partial charge in [-0.2, -0.15) is 0 Å². The zero-order chi connectivity index (χ0) is 14.0. The number of benzene rings is 1. The summed E-state index contributed by atoms with van der Waals surface area (Å²) in [6, 6.07) is 6.22. The summed E-state index contributed by atoms with van der Waals surface area (Å²) in [5, 5.41) is 2.78. The van der Waals surface area contributed by atoms with Crippen LogP contribution in [0.15, 0.2) is 32.5 Å². The van der Waals surface area contributed by atoms with Crippen molar-refractivity contribution in [1.29, 1.82) is 0 Å². The average Bonchev–Trinajstić information content (AvgIpc) is 2.70. The second-order valence-electron chi connectivity index (χ2n) is 3.99. The number of carbonyl (C=O) groups excluding carboxylic acids is 1. The summed E-state index contributed by atoms with van der Waals surface area (Å²) < 4.78 is 14.8. The van der Waals surface area contributed by atoms with Crippen LogP contribution in [0, 0.1) is 12.7 Å². The van der Waals surface area contributed by atoms with E-state index in [0.717, 1.165) is 13.8 Å². The van der Waals surface area contributed by atoms with Crippen LogP contribution in [-0.2, 0) is 6.54 Å². The van der Waals surface area contributed by atoms with Crippen molar-refractivity contribution in [2.45, 2.75) is 13.5 Å². The molecule has 2 rings (SSSR count). The maximum absolute atomic E-state index is 13.1. The average molecular weight is 407 g/mol. The molecule has 1 aromatic carbocycles. The number of rotatable bonds is 3. The number of carbonyl (C=O) groups is 1. The Morgan fingerprint density at radius 2 is 2.11 bits per heavy atom. The molecule has 0 spiro atoms. The van der Waals surface area contributed by atoms with Gasteiger partial charge in [-0.1, -0.05) is 15.9 Å². The summed E-state index contributed by atoms with van der Waals surface area (Å²) in [4.78, 5) is 12.6. The molecule has 0 saturated heterocycles. The van der Waals surface area contributed by atoms with E-state index in [1.165, 1.54) is 23.5 Å². The van der Waals surface area contributed by atoms with Gasteiger partial charge >= 0.3 is 0 Å². The maximum Gasteiger partial charge on any atom is 0.261 e. The summed E-state index contributed by atoms with van der Waals surface area (Å²) in [5.41, 5.74) is 1.74. The maximum atomic E-state index is 13.1. The second-order valence-corrected chi connectivity index (χ2v) is 7.21. The lowest BCUT2D eigenvalue weighted by atomic mass is 10.2. The molecule has 0 atom stereocenters. The third kappa shape index (κ3) is 3.64. The van der Waals surface area contributed by atoms with E-state index in [-0.39, 0.29) is 18.3 Å². The minimum Gasteiger partial charge on any atom is -0.347 e. The third-order valence-electron chi connectivity index (χ3n) is 2.53. The highest BCUT2D eigenvalue weighted by Gasteiger charge is 2.11. The summed E-state index contributed by atoms with van der Waals surface area (Å²) in [7, 11) is 0. The number of nitrogens with one attached hydrogen (secondary N) is 1. The molecule has 1 amide bonds. The molecule has 0 aliphatic rings. The smallest absolute Gasteiger partial charge is 0.261 e. The molecule has 0 bridgehead atoms. The normalized spacial score (nSPS) is 10.5. The Balaban J connectivity index is 2.06. The Labute approximate surface area is 131 Å². The number of thiophene rings is 1. The molecule has 1 heterocycles. The van der Waals surface area contributed by atoms with Crippen LogP contribution < -0.4 is 5.32 Å².